The summed E-state index contributed by atoms with van der Waals surface area (Å²) in [7, 11) is 0. The minimum Gasteiger partial charge on any atom is -0.336 e. The molecule has 164 valence electrons. The van der Waals surface area contributed by atoms with E-state index in [0.717, 1.165) is 25.7 Å². The molecule has 1 aliphatic carbocycles. The van der Waals surface area contributed by atoms with Gasteiger partial charge in [0.2, 0.25) is 5.91 Å². The standard InChI is InChI=1S/C24H27ClFN3O2/c25-19-8-4-10-21(16-19)27-23(30)22(17-5-1-2-6-17)28-11-13-29(14-12-28)24(31)18-7-3-9-20(26)15-18/h3-4,7-10,15-17,22H,1-2,5-6,11-14H2,(H,27,30). The van der Waals surface area contributed by atoms with Crippen LogP contribution in [0.4, 0.5) is 10.1 Å². The largest absolute Gasteiger partial charge is 0.336 e. The predicted octanol–water partition coefficient (Wildman–Crippen LogP) is 4.43. The van der Waals surface area contributed by atoms with Crippen LogP contribution in [0.25, 0.3) is 0 Å². The van der Waals surface area contributed by atoms with Gasteiger partial charge in [-0.2, -0.15) is 0 Å². The summed E-state index contributed by atoms with van der Waals surface area (Å²) in [5.41, 5.74) is 1.06. The van der Waals surface area contributed by atoms with E-state index in [0.29, 0.717) is 48.4 Å². The van der Waals surface area contributed by atoms with E-state index in [2.05, 4.69) is 10.2 Å². The summed E-state index contributed by atoms with van der Waals surface area (Å²) in [5, 5.41) is 3.62. The highest BCUT2D eigenvalue weighted by Crippen LogP contribution is 2.32. The molecule has 0 radical (unpaired) electrons. The summed E-state index contributed by atoms with van der Waals surface area (Å²) in [4.78, 5) is 29.9. The Hall–Kier alpha value is -2.44. The lowest BCUT2D eigenvalue weighted by Gasteiger charge is -2.40. The highest BCUT2D eigenvalue weighted by atomic mass is 35.5. The van der Waals surface area contributed by atoms with Crippen LogP contribution in [-0.2, 0) is 4.79 Å². The molecule has 7 heteroatoms. The summed E-state index contributed by atoms with van der Waals surface area (Å²) in [6, 6.07) is 12.7. The summed E-state index contributed by atoms with van der Waals surface area (Å²) in [5.74, 6) is -0.285. The second-order valence-corrected chi connectivity index (χ2v) is 8.76. The maximum Gasteiger partial charge on any atom is 0.254 e. The maximum atomic E-state index is 13.5. The lowest BCUT2D eigenvalue weighted by molar-refractivity contribution is -0.123. The Labute approximate surface area is 187 Å². The molecular formula is C24H27ClFN3O2. The van der Waals surface area contributed by atoms with E-state index in [1.165, 1.54) is 12.1 Å². The first kappa shape index (κ1) is 21.8. The average molecular weight is 444 g/mol. The third-order valence-corrected chi connectivity index (χ3v) is 6.51. The van der Waals surface area contributed by atoms with Crippen molar-refractivity contribution in [2.24, 2.45) is 5.92 Å². The van der Waals surface area contributed by atoms with E-state index in [4.69, 9.17) is 11.6 Å². The summed E-state index contributed by atoms with van der Waals surface area (Å²) in [6.07, 6.45) is 4.36. The van der Waals surface area contributed by atoms with Crippen LogP contribution >= 0.6 is 11.6 Å². The number of carbonyl (C=O) groups excluding carboxylic acids is 2. The molecule has 2 fully saturated rings. The fraction of sp³-hybridized carbons (Fsp3) is 0.417. The number of nitrogens with one attached hydrogen (secondary N) is 1. The molecular weight excluding hydrogens is 417 g/mol. The van der Waals surface area contributed by atoms with Gasteiger partial charge in [-0.25, -0.2) is 4.39 Å². The molecule has 1 unspecified atom stereocenters. The van der Waals surface area contributed by atoms with Crippen molar-refractivity contribution in [1.29, 1.82) is 0 Å². The predicted molar refractivity (Wildman–Crippen MR) is 120 cm³/mol. The molecule has 0 bridgehead atoms. The van der Waals surface area contributed by atoms with Crippen LogP contribution in [0.2, 0.25) is 5.02 Å². The molecule has 4 rings (SSSR count). The number of hydrogen-bond acceptors (Lipinski definition) is 3. The minimum atomic E-state index is -0.413. The van der Waals surface area contributed by atoms with Gasteiger partial charge in [-0.1, -0.05) is 36.6 Å². The Morgan fingerprint density at radius 1 is 1.00 bits per heavy atom. The number of halogens is 2. The fourth-order valence-corrected chi connectivity index (χ4v) is 4.93. The lowest BCUT2D eigenvalue weighted by Crippen LogP contribution is -2.56. The number of hydrogen-bond donors (Lipinski definition) is 1. The van der Waals surface area contributed by atoms with Crippen molar-refractivity contribution in [2.75, 3.05) is 31.5 Å². The van der Waals surface area contributed by atoms with E-state index in [9.17, 15) is 14.0 Å². The maximum absolute atomic E-state index is 13.5. The highest BCUT2D eigenvalue weighted by molar-refractivity contribution is 6.30. The zero-order valence-corrected chi connectivity index (χ0v) is 18.2. The number of rotatable bonds is 5. The van der Waals surface area contributed by atoms with Crippen molar-refractivity contribution in [1.82, 2.24) is 9.80 Å². The number of nitrogens with zero attached hydrogens (tertiary/aromatic N) is 2. The summed E-state index contributed by atoms with van der Waals surface area (Å²) >= 11 is 6.07. The molecule has 1 saturated carbocycles. The van der Waals surface area contributed by atoms with E-state index in [1.807, 2.05) is 12.1 Å². The molecule has 1 atom stereocenters. The molecule has 2 amide bonds. The van der Waals surface area contributed by atoms with E-state index < -0.39 is 5.82 Å². The van der Waals surface area contributed by atoms with Gasteiger partial charge in [0, 0.05) is 42.5 Å². The first-order chi connectivity index (χ1) is 15.0. The van der Waals surface area contributed by atoms with Gasteiger partial charge in [0.1, 0.15) is 5.82 Å². The van der Waals surface area contributed by atoms with Crippen molar-refractivity contribution >= 4 is 29.1 Å². The quantitative estimate of drug-likeness (QED) is 0.743. The molecule has 2 aromatic carbocycles. The van der Waals surface area contributed by atoms with Crippen LogP contribution in [0.1, 0.15) is 36.0 Å². The molecule has 1 heterocycles. The van der Waals surface area contributed by atoms with Crippen LogP contribution in [0.15, 0.2) is 48.5 Å². The third-order valence-electron chi connectivity index (χ3n) is 6.27. The Morgan fingerprint density at radius 3 is 2.39 bits per heavy atom. The molecule has 5 nitrogen and oxygen atoms in total. The molecule has 1 saturated heterocycles. The molecule has 0 aromatic heterocycles. The van der Waals surface area contributed by atoms with Gasteiger partial charge in [-0.15, -0.1) is 0 Å². The lowest BCUT2D eigenvalue weighted by atomic mass is 9.94. The Kier molecular flexibility index (Phi) is 6.88. The number of anilines is 1. The molecule has 1 aliphatic heterocycles. The zero-order chi connectivity index (χ0) is 21.8. The molecule has 2 aliphatic rings. The Bertz CT molecular complexity index is 940. The number of benzene rings is 2. The Morgan fingerprint density at radius 2 is 1.71 bits per heavy atom. The first-order valence-corrected chi connectivity index (χ1v) is 11.2. The van der Waals surface area contributed by atoms with Crippen LogP contribution in [0.5, 0.6) is 0 Å². The number of amides is 2. The number of piperazine rings is 1. The topological polar surface area (TPSA) is 52.7 Å². The van der Waals surface area contributed by atoms with Crippen molar-refractivity contribution < 1.29 is 14.0 Å². The molecule has 31 heavy (non-hydrogen) atoms. The second-order valence-electron chi connectivity index (χ2n) is 8.33. The van der Waals surface area contributed by atoms with E-state index in [1.54, 1.807) is 29.2 Å². The SMILES string of the molecule is O=C(Nc1cccc(Cl)c1)C(C1CCCC1)N1CCN(C(=O)c2cccc(F)c2)CC1. The average Bonchev–Trinajstić information content (AvgIpc) is 3.28. The zero-order valence-electron chi connectivity index (χ0n) is 17.4. The van der Waals surface area contributed by atoms with Gasteiger partial charge in [-0.3, -0.25) is 14.5 Å². The summed E-state index contributed by atoms with van der Waals surface area (Å²) in [6.45, 7) is 2.27. The second kappa shape index (κ2) is 9.79. The monoisotopic (exact) mass is 443 g/mol. The van der Waals surface area contributed by atoms with Crippen molar-refractivity contribution in [3.63, 3.8) is 0 Å². The highest BCUT2D eigenvalue weighted by Gasteiger charge is 2.37. The molecule has 1 N–H and O–H groups in total. The van der Waals surface area contributed by atoms with E-state index in [-0.39, 0.29) is 17.9 Å². The van der Waals surface area contributed by atoms with Gasteiger partial charge in [0.15, 0.2) is 0 Å². The summed E-state index contributed by atoms with van der Waals surface area (Å²) < 4.78 is 13.5. The molecule has 0 spiro atoms. The van der Waals surface area contributed by atoms with Gasteiger partial charge < -0.3 is 10.2 Å². The van der Waals surface area contributed by atoms with E-state index >= 15 is 0 Å². The van der Waals surface area contributed by atoms with Gasteiger partial charge >= 0.3 is 0 Å². The van der Waals surface area contributed by atoms with Gasteiger partial charge in [0.25, 0.3) is 5.91 Å². The normalized spacial score (nSPS) is 18.7. The van der Waals surface area contributed by atoms with Crippen molar-refractivity contribution in [3.8, 4) is 0 Å². The fourth-order valence-electron chi connectivity index (χ4n) is 4.74. The first-order valence-electron chi connectivity index (χ1n) is 10.9. The van der Waals surface area contributed by atoms with Crippen molar-refractivity contribution in [2.45, 2.75) is 31.7 Å². The van der Waals surface area contributed by atoms with Gasteiger partial charge in [-0.05, 0) is 55.2 Å². The molecule has 2 aromatic rings. The smallest absolute Gasteiger partial charge is 0.254 e. The minimum absolute atomic E-state index is 0.0147. The van der Waals surface area contributed by atoms with Crippen LogP contribution < -0.4 is 5.32 Å². The third kappa shape index (κ3) is 5.25. The number of carbonyl (C=O) groups is 2. The van der Waals surface area contributed by atoms with Crippen LogP contribution in [0, 0.1) is 11.7 Å². The Balaban J connectivity index is 1.43. The van der Waals surface area contributed by atoms with Crippen LogP contribution in [-0.4, -0.2) is 53.8 Å². The van der Waals surface area contributed by atoms with Crippen molar-refractivity contribution in [3.05, 3.63) is 64.9 Å². The van der Waals surface area contributed by atoms with Crippen LogP contribution in [0.3, 0.4) is 0 Å². The van der Waals surface area contributed by atoms with Gasteiger partial charge in [0.05, 0.1) is 6.04 Å².